The number of carbonyl (C=O) groups excluding carboxylic acids is 4. The van der Waals surface area contributed by atoms with E-state index in [1.165, 1.54) is 0 Å². The number of nitrogens with zero attached hydrogens (tertiary/aromatic N) is 2. The number of rotatable bonds is 5. The molecule has 0 saturated carbocycles. The van der Waals surface area contributed by atoms with Gasteiger partial charge in [0, 0.05) is 12.8 Å². The Labute approximate surface area is 153 Å². The summed E-state index contributed by atoms with van der Waals surface area (Å²) >= 11 is 0. The molecule has 0 aromatic heterocycles. The van der Waals surface area contributed by atoms with Crippen molar-refractivity contribution in [1.82, 2.24) is 14.5 Å². The summed E-state index contributed by atoms with van der Waals surface area (Å²) in [5.41, 5.74) is 0.675. The highest BCUT2D eigenvalue weighted by molar-refractivity contribution is 7.84. The molecule has 11 nitrogen and oxygen atoms in total. The third-order valence-electron chi connectivity index (χ3n) is 4.11. The van der Waals surface area contributed by atoms with E-state index in [9.17, 15) is 32.1 Å². The molecule has 0 spiro atoms. The van der Waals surface area contributed by atoms with Crippen molar-refractivity contribution in [3.8, 4) is 0 Å². The van der Waals surface area contributed by atoms with Crippen molar-refractivity contribution in [3.63, 3.8) is 0 Å². The van der Waals surface area contributed by atoms with Gasteiger partial charge < -0.3 is 10.1 Å². The zero-order valence-corrected chi connectivity index (χ0v) is 14.6. The van der Waals surface area contributed by atoms with Gasteiger partial charge in [0.05, 0.1) is 0 Å². The van der Waals surface area contributed by atoms with Crippen molar-refractivity contribution in [2.75, 3.05) is 0 Å². The number of amides is 4. The van der Waals surface area contributed by atoms with Crippen LogP contribution < -0.4 is 5.32 Å². The van der Waals surface area contributed by atoms with Gasteiger partial charge >= 0.3 is 16.4 Å². The maximum absolute atomic E-state index is 12.1. The van der Waals surface area contributed by atoms with Gasteiger partial charge in [0.15, 0.2) is 12.2 Å². The highest BCUT2D eigenvalue weighted by Gasteiger charge is 2.60. The van der Waals surface area contributed by atoms with E-state index in [2.05, 4.69) is 5.32 Å². The van der Waals surface area contributed by atoms with Crippen molar-refractivity contribution < 1.29 is 36.9 Å². The second-order valence-corrected chi connectivity index (χ2v) is 7.16. The number of hydrogen-bond donors (Lipinski definition) is 2. The Morgan fingerprint density at radius 1 is 1.15 bits per heavy atom. The highest BCUT2D eigenvalue weighted by Crippen LogP contribution is 2.30. The molecule has 12 heteroatoms. The molecule has 0 unspecified atom stereocenters. The Morgan fingerprint density at radius 2 is 1.74 bits per heavy atom. The average molecular weight is 397 g/mol. The molecule has 2 aliphatic heterocycles. The molecule has 2 atom stereocenters. The topological polar surface area (TPSA) is 150 Å². The number of likely N-dealkylation sites (tertiary alicyclic amines) is 1. The summed E-state index contributed by atoms with van der Waals surface area (Å²) in [6.45, 7) is -0.109. The van der Waals surface area contributed by atoms with Gasteiger partial charge in [-0.15, -0.1) is 0 Å². The molecule has 1 aromatic carbocycles. The van der Waals surface area contributed by atoms with Crippen molar-refractivity contribution in [1.29, 1.82) is 0 Å². The number of imide groups is 1. The van der Waals surface area contributed by atoms with E-state index in [4.69, 9.17) is 4.74 Å². The Bertz CT molecular complexity index is 885. The third-order valence-corrected chi connectivity index (χ3v) is 5.00. The van der Waals surface area contributed by atoms with E-state index in [-0.39, 0.29) is 23.8 Å². The Morgan fingerprint density at radius 3 is 2.30 bits per heavy atom. The lowest BCUT2D eigenvalue weighted by Gasteiger charge is -2.46. The Kier molecular flexibility index (Phi) is 4.85. The predicted molar refractivity (Wildman–Crippen MR) is 86.8 cm³/mol. The summed E-state index contributed by atoms with van der Waals surface area (Å²) in [4.78, 5) is 48.3. The lowest BCUT2D eigenvalue weighted by Crippen LogP contribution is -2.77. The van der Waals surface area contributed by atoms with E-state index in [1.54, 1.807) is 30.3 Å². The molecular formula is C15H15N3O8S. The van der Waals surface area contributed by atoms with Gasteiger partial charge in [-0.3, -0.25) is 23.8 Å². The molecule has 27 heavy (non-hydrogen) atoms. The first-order chi connectivity index (χ1) is 12.7. The molecule has 2 saturated heterocycles. The lowest BCUT2D eigenvalue weighted by atomic mass is 10.1. The summed E-state index contributed by atoms with van der Waals surface area (Å²) < 4.78 is 37.0. The van der Waals surface area contributed by atoms with Crippen LogP contribution in [0, 0.1) is 0 Å². The summed E-state index contributed by atoms with van der Waals surface area (Å²) in [5.74, 6) is -2.61. The highest BCUT2D eigenvalue weighted by atomic mass is 32.2. The second kappa shape index (κ2) is 6.96. The number of carbonyl (C=O) groups is 4. The van der Waals surface area contributed by atoms with Crippen LogP contribution in [0.1, 0.15) is 18.4 Å². The van der Waals surface area contributed by atoms with Gasteiger partial charge in [0.1, 0.15) is 6.61 Å². The first-order valence-electron chi connectivity index (χ1n) is 7.83. The number of nitrogens with one attached hydrogen (secondary N) is 1. The number of ether oxygens (including phenoxy) is 1. The SMILES string of the molecule is O=C(N[C@@H]1C(=O)N(S(=O)(=O)O)[C@@H]1N1C(=O)CCC1=O)OCc1ccccc1. The largest absolute Gasteiger partial charge is 0.445 e. The molecule has 1 aromatic rings. The van der Waals surface area contributed by atoms with Crippen molar-refractivity contribution >= 4 is 34.1 Å². The summed E-state index contributed by atoms with van der Waals surface area (Å²) in [6, 6.07) is 7.10. The molecule has 2 heterocycles. The van der Waals surface area contributed by atoms with Crippen molar-refractivity contribution in [3.05, 3.63) is 35.9 Å². The minimum Gasteiger partial charge on any atom is -0.445 e. The number of benzene rings is 1. The molecule has 144 valence electrons. The minimum atomic E-state index is -5.03. The number of β-lactam (4-membered cyclic amide) rings is 1. The van der Waals surface area contributed by atoms with Gasteiger partial charge in [-0.25, -0.2) is 4.79 Å². The van der Waals surface area contributed by atoms with Crippen LogP contribution in [0.15, 0.2) is 30.3 Å². The van der Waals surface area contributed by atoms with Crippen LogP contribution in [-0.2, 0) is 36.0 Å². The molecule has 3 rings (SSSR count). The summed E-state index contributed by atoms with van der Waals surface area (Å²) in [7, 11) is -5.03. The monoisotopic (exact) mass is 397 g/mol. The van der Waals surface area contributed by atoms with Crippen LogP contribution in [0.5, 0.6) is 0 Å². The standard InChI is InChI=1S/C15H15N3O8S/c19-10-6-7-11(20)17(10)13-12(14(21)18(13)27(23,24)25)16-15(22)26-8-9-4-2-1-3-5-9/h1-5,12-13H,6-8H2,(H,16,22)(H,23,24,25)/t12-,13-/m0/s1. The maximum Gasteiger partial charge on any atom is 0.408 e. The second-order valence-electron chi connectivity index (χ2n) is 5.87. The fourth-order valence-corrected chi connectivity index (χ4v) is 3.70. The van der Waals surface area contributed by atoms with E-state index < -0.39 is 46.3 Å². The van der Waals surface area contributed by atoms with E-state index in [0.29, 0.717) is 10.5 Å². The summed E-state index contributed by atoms with van der Waals surface area (Å²) in [6.07, 6.45) is -3.03. The van der Waals surface area contributed by atoms with Gasteiger partial charge in [0.2, 0.25) is 11.8 Å². The maximum atomic E-state index is 12.1. The van der Waals surface area contributed by atoms with Crippen LogP contribution in [-0.4, -0.2) is 58.2 Å². The fraction of sp³-hybridized carbons (Fsp3) is 0.333. The minimum absolute atomic E-state index is 0.0176. The Balaban J connectivity index is 1.73. The molecule has 2 fully saturated rings. The van der Waals surface area contributed by atoms with Gasteiger partial charge in [-0.2, -0.15) is 12.7 Å². The number of alkyl carbamates (subject to hydrolysis) is 1. The quantitative estimate of drug-likeness (QED) is 0.380. The molecule has 2 N–H and O–H groups in total. The predicted octanol–water partition coefficient (Wildman–Crippen LogP) is -0.598. The smallest absolute Gasteiger partial charge is 0.408 e. The zero-order chi connectivity index (χ0) is 19.8. The van der Waals surface area contributed by atoms with Crippen LogP contribution in [0.2, 0.25) is 0 Å². The third kappa shape index (κ3) is 3.61. The molecule has 2 aliphatic rings. The Hall–Kier alpha value is -2.99. The van der Waals surface area contributed by atoms with E-state index in [1.807, 2.05) is 0 Å². The first-order valence-corrected chi connectivity index (χ1v) is 9.22. The summed E-state index contributed by atoms with van der Waals surface area (Å²) in [5, 5.41) is 2.13. The first kappa shape index (κ1) is 18.8. The van der Waals surface area contributed by atoms with Gasteiger partial charge in [-0.1, -0.05) is 30.3 Å². The lowest BCUT2D eigenvalue weighted by molar-refractivity contribution is -0.161. The zero-order valence-electron chi connectivity index (χ0n) is 13.8. The molecule has 0 aliphatic carbocycles. The van der Waals surface area contributed by atoms with Crippen molar-refractivity contribution in [2.45, 2.75) is 31.7 Å². The van der Waals surface area contributed by atoms with Crippen LogP contribution in [0.25, 0.3) is 0 Å². The fourth-order valence-electron chi connectivity index (χ4n) is 2.87. The average Bonchev–Trinajstić information content (AvgIpc) is 2.93. The van der Waals surface area contributed by atoms with Crippen LogP contribution >= 0.6 is 0 Å². The molecular weight excluding hydrogens is 382 g/mol. The van der Waals surface area contributed by atoms with Crippen LogP contribution in [0.4, 0.5) is 4.79 Å². The van der Waals surface area contributed by atoms with Crippen LogP contribution in [0.3, 0.4) is 0 Å². The molecule has 0 radical (unpaired) electrons. The molecule has 0 bridgehead atoms. The normalized spacial score (nSPS) is 22.6. The van der Waals surface area contributed by atoms with Crippen molar-refractivity contribution in [2.24, 2.45) is 0 Å². The van der Waals surface area contributed by atoms with Gasteiger partial charge in [0.25, 0.3) is 5.91 Å². The molecule has 4 amide bonds. The number of hydrogen-bond acceptors (Lipinski definition) is 7. The van der Waals surface area contributed by atoms with Gasteiger partial charge in [-0.05, 0) is 5.56 Å². The van der Waals surface area contributed by atoms with E-state index in [0.717, 1.165) is 0 Å². The van der Waals surface area contributed by atoms with E-state index >= 15 is 0 Å².